The number of anilines is 2. The normalized spacial score (nSPS) is 18.0. The quantitative estimate of drug-likeness (QED) is 0.528. The van der Waals surface area contributed by atoms with Crippen LogP contribution in [0, 0.1) is 5.92 Å². The third kappa shape index (κ3) is 5.95. The minimum Gasteiger partial charge on any atom is -0.497 e. The van der Waals surface area contributed by atoms with E-state index in [1.54, 1.807) is 7.11 Å². The maximum absolute atomic E-state index is 12.3. The van der Waals surface area contributed by atoms with E-state index in [-0.39, 0.29) is 5.91 Å². The number of para-hydroxylation sites is 1. The SMILES string of the molecule is COc1ccc(CC(=O)NCC2CCC(Nc3cc(N(C)C)c4ccccc4n3)CC2)cc1. The van der Waals surface area contributed by atoms with E-state index in [0.29, 0.717) is 18.4 Å². The van der Waals surface area contributed by atoms with Gasteiger partial charge in [0.2, 0.25) is 5.91 Å². The van der Waals surface area contributed by atoms with Crippen molar-refractivity contribution in [1.82, 2.24) is 10.3 Å². The van der Waals surface area contributed by atoms with Gasteiger partial charge in [-0.05, 0) is 55.4 Å². The molecule has 1 heterocycles. The van der Waals surface area contributed by atoms with Crippen molar-refractivity contribution in [2.75, 3.05) is 38.0 Å². The fourth-order valence-corrected chi connectivity index (χ4v) is 4.57. The highest BCUT2D eigenvalue weighted by Gasteiger charge is 2.22. The van der Waals surface area contributed by atoms with Crippen molar-refractivity contribution in [3.05, 3.63) is 60.2 Å². The van der Waals surface area contributed by atoms with Crippen molar-refractivity contribution in [1.29, 1.82) is 0 Å². The molecule has 33 heavy (non-hydrogen) atoms. The number of carbonyl (C=O) groups is 1. The Balaban J connectivity index is 1.25. The minimum absolute atomic E-state index is 0.0805. The van der Waals surface area contributed by atoms with Gasteiger partial charge in [0.05, 0.1) is 19.0 Å². The molecule has 1 aliphatic carbocycles. The Morgan fingerprint density at radius 1 is 1.06 bits per heavy atom. The van der Waals surface area contributed by atoms with E-state index in [4.69, 9.17) is 9.72 Å². The lowest BCUT2D eigenvalue weighted by molar-refractivity contribution is -0.120. The van der Waals surface area contributed by atoms with Gasteiger partial charge < -0.3 is 20.3 Å². The number of ether oxygens (including phenoxy) is 1. The summed E-state index contributed by atoms with van der Waals surface area (Å²) < 4.78 is 5.17. The molecule has 0 radical (unpaired) electrons. The molecule has 1 aromatic heterocycles. The lowest BCUT2D eigenvalue weighted by Gasteiger charge is -2.30. The number of rotatable bonds is 8. The molecule has 0 saturated heterocycles. The summed E-state index contributed by atoms with van der Waals surface area (Å²) in [5.41, 5.74) is 3.19. The largest absolute Gasteiger partial charge is 0.497 e. The molecule has 6 heteroatoms. The maximum atomic E-state index is 12.3. The summed E-state index contributed by atoms with van der Waals surface area (Å²) in [6, 6.07) is 18.5. The fraction of sp³-hybridized carbons (Fsp3) is 0.407. The standard InChI is InChI=1S/C27H34N4O2/c1-31(2)25-17-26(30-24-7-5-4-6-23(24)25)29-21-12-8-20(9-13-21)18-28-27(32)16-19-10-14-22(33-3)15-11-19/h4-7,10-11,14-15,17,20-21H,8-9,12-13,16,18H2,1-3H3,(H,28,32)(H,29,30). The second-order valence-electron chi connectivity index (χ2n) is 9.13. The molecule has 1 aliphatic rings. The number of nitrogens with one attached hydrogen (secondary N) is 2. The van der Waals surface area contributed by atoms with Crippen LogP contribution < -0.4 is 20.3 Å². The Bertz CT molecular complexity index is 1070. The third-order valence-electron chi connectivity index (χ3n) is 6.49. The molecule has 0 atom stereocenters. The lowest BCUT2D eigenvalue weighted by Crippen LogP contribution is -2.34. The highest BCUT2D eigenvalue weighted by molar-refractivity contribution is 5.93. The monoisotopic (exact) mass is 446 g/mol. The van der Waals surface area contributed by atoms with Crippen LogP contribution in [0.2, 0.25) is 0 Å². The molecule has 1 saturated carbocycles. The van der Waals surface area contributed by atoms with Crippen LogP contribution in [0.3, 0.4) is 0 Å². The molecule has 0 unspecified atom stereocenters. The molecule has 4 rings (SSSR count). The second-order valence-corrected chi connectivity index (χ2v) is 9.13. The number of amides is 1. The Morgan fingerprint density at radius 3 is 2.48 bits per heavy atom. The minimum atomic E-state index is 0.0805. The predicted octanol–water partition coefficient (Wildman–Crippen LogP) is 4.64. The first kappa shape index (κ1) is 22.9. The molecule has 1 amide bonds. The van der Waals surface area contributed by atoms with Gasteiger partial charge in [-0.2, -0.15) is 0 Å². The Kier molecular flexibility index (Phi) is 7.33. The number of aromatic nitrogens is 1. The van der Waals surface area contributed by atoms with E-state index in [1.807, 2.05) is 30.3 Å². The zero-order valence-corrected chi connectivity index (χ0v) is 19.8. The summed E-state index contributed by atoms with van der Waals surface area (Å²) in [4.78, 5) is 19.3. The number of carbonyl (C=O) groups excluding carboxylic acids is 1. The smallest absolute Gasteiger partial charge is 0.224 e. The van der Waals surface area contributed by atoms with Crippen molar-refractivity contribution in [3.63, 3.8) is 0 Å². The van der Waals surface area contributed by atoms with Gasteiger partial charge in [-0.25, -0.2) is 4.98 Å². The number of benzene rings is 2. The highest BCUT2D eigenvalue weighted by Crippen LogP contribution is 2.30. The van der Waals surface area contributed by atoms with Crippen LogP contribution in [0.5, 0.6) is 5.75 Å². The first-order valence-corrected chi connectivity index (χ1v) is 11.7. The lowest BCUT2D eigenvalue weighted by atomic mass is 9.86. The third-order valence-corrected chi connectivity index (χ3v) is 6.49. The fourth-order valence-electron chi connectivity index (χ4n) is 4.57. The van der Waals surface area contributed by atoms with Gasteiger partial charge in [-0.3, -0.25) is 4.79 Å². The van der Waals surface area contributed by atoms with E-state index < -0.39 is 0 Å². The van der Waals surface area contributed by atoms with Crippen molar-refractivity contribution < 1.29 is 9.53 Å². The zero-order valence-electron chi connectivity index (χ0n) is 19.8. The highest BCUT2D eigenvalue weighted by atomic mass is 16.5. The Morgan fingerprint density at radius 2 is 1.79 bits per heavy atom. The van der Waals surface area contributed by atoms with Crippen LogP contribution in [0.4, 0.5) is 11.5 Å². The van der Waals surface area contributed by atoms with Crippen LogP contribution >= 0.6 is 0 Å². The summed E-state index contributed by atoms with van der Waals surface area (Å²) in [5.74, 6) is 2.36. The van der Waals surface area contributed by atoms with E-state index >= 15 is 0 Å². The van der Waals surface area contributed by atoms with Gasteiger partial charge >= 0.3 is 0 Å². The van der Waals surface area contributed by atoms with E-state index in [0.717, 1.165) is 54.9 Å². The topological polar surface area (TPSA) is 66.5 Å². The van der Waals surface area contributed by atoms with Crippen molar-refractivity contribution in [2.45, 2.75) is 38.1 Å². The molecule has 3 aromatic rings. The molecular formula is C27H34N4O2. The number of methoxy groups -OCH3 is 1. The first-order valence-electron chi connectivity index (χ1n) is 11.7. The molecule has 0 spiro atoms. The second kappa shape index (κ2) is 10.6. The number of pyridine rings is 1. The molecule has 1 fully saturated rings. The number of fused-ring (bicyclic) bond motifs is 1. The Labute approximate surface area is 196 Å². The summed E-state index contributed by atoms with van der Waals surface area (Å²) in [6.07, 6.45) is 4.79. The van der Waals surface area contributed by atoms with Crippen LogP contribution in [0.15, 0.2) is 54.6 Å². The predicted molar refractivity (Wildman–Crippen MR) is 135 cm³/mol. The van der Waals surface area contributed by atoms with Crippen molar-refractivity contribution in [3.8, 4) is 5.75 Å². The van der Waals surface area contributed by atoms with Crippen LogP contribution in [-0.2, 0) is 11.2 Å². The van der Waals surface area contributed by atoms with Crippen LogP contribution in [0.25, 0.3) is 10.9 Å². The molecule has 2 aromatic carbocycles. The van der Waals surface area contributed by atoms with Gasteiger partial charge in [-0.15, -0.1) is 0 Å². The van der Waals surface area contributed by atoms with Gasteiger partial charge in [-0.1, -0.05) is 30.3 Å². The summed E-state index contributed by atoms with van der Waals surface area (Å²) >= 11 is 0. The summed E-state index contributed by atoms with van der Waals surface area (Å²) in [7, 11) is 5.78. The van der Waals surface area contributed by atoms with E-state index in [1.165, 1.54) is 11.1 Å². The summed E-state index contributed by atoms with van der Waals surface area (Å²) in [6.45, 7) is 0.751. The molecular weight excluding hydrogens is 412 g/mol. The van der Waals surface area contributed by atoms with Gasteiger partial charge in [0.25, 0.3) is 0 Å². The van der Waals surface area contributed by atoms with E-state index in [9.17, 15) is 4.79 Å². The maximum Gasteiger partial charge on any atom is 0.224 e. The Hall–Kier alpha value is -3.28. The number of nitrogens with zero attached hydrogens (tertiary/aromatic N) is 2. The summed E-state index contributed by atoms with van der Waals surface area (Å²) in [5, 5.41) is 7.95. The molecule has 0 bridgehead atoms. The van der Waals surface area contributed by atoms with Crippen LogP contribution in [-0.4, -0.2) is 44.7 Å². The average Bonchev–Trinajstić information content (AvgIpc) is 2.83. The number of hydrogen-bond acceptors (Lipinski definition) is 5. The van der Waals surface area contributed by atoms with Crippen LogP contribution in [0.1, 0.15) is 31.2 Å². The average molecular weight is 447 g/mol. The molecule has 6 nitrogen and oxygen atoms in total. The first-order chi connectivity index (χ1) is 16.0. The van der Waals surface area contributed by atoms with E-state index in [2.05, 4.69) is 53.9 Å². The zero-order chi connectivity index (χ0) is 23.2. The van der Waals surface area contributed by atoms with Crippen molar-refractivity contribution >= 4 is 28.3 Å². The van der Waals surface area contributed by atoms with Gasteiger partial charge in [0, 0.05) is 43.8 Å². The van der Waals surface area contributed by atoms with Gasteiger partial charge in [0.1, 0.15) is 11.6 Å². The number of hydrogen-bond donors (Lipinski definition) is 2. The van der Waals surface area contributed by atoms with Crippen molar-refractivity contribution in [2.24, 2.45) is 5.92 Å². The molecule has 2 N–H and O–H groups in total. The molecule has 174 valence electrons. The molecule has 0 aliphatic heterocycles. The van der Waals surface area contributed by atoms with Gasteiger partial charge in [0.15, 0.2) is 0 Å².